The van der Waals surface area contributed by atoms with Crippen LogP contribution in [0.15, 0.2) is 30.3 Å². The molecule has 1 heterocycles. The molecule has 88 valence electrons. The molecule has 0 bridgehead atoms. The Hall–Kier alpha value is -0.900. The minimum atomic E-state index is 0.231. The van der Waals surface area contributed by atoms with E-state index in [-0.39, 0.29) is 6.61 Å². The van der Waals surface area contributed by atoms with Crippen molar-refractivity contribution < 1.29 is 5.11 Å². The van der Waals surface area contributed by atoms with Crippen molar-refractivity contribution in [3.63, 3.8) is 0 Å². The molecule has 3 heteroatoms. The summed E-state index contributed by atoms with van der Waals surface area (Å²) < 4.78 is 0. The van der Waals surface area contributed by atoms with Crippen molar-refractivity contribution in [2.45, 2.75) is 19.0 Å². The molecule has 1 atom stereocenters. The molecule has 0 unspecified atom stereocenters. The second kappa shape index (κ2) is 5.99. The van der Waals surface area contributed by atoms with Crippen molar-refractivity contribution in [1.29, 1.82) is 0 Å². The van der Waals surface area contributed by atoms with Crippen LogP contribution in [0.25, 0.3) is 0 Å². The van der Waals surface area contributed by atoms with Gasteiger partial charge in [0.1, 0.15) is 0 Å². The molecule has 3 nitrogen and oxygen atoms in total. The fourth-order valence-corrected chi connectivity index (χ4v) is 2.25. The molecule has 0 radical (unpaired) electrons. The highest BCUT2D eigenvalue weighted by atomic mass is 16.3. The Balaban J connectivity index is 1.76. The molecule has 0 amide bonds. The fourth-order valence-electron chi connectivity index (χ4n) is 2.25. The Kier molecular flexibility index (Phi) is 4.34. The predicted molar refractivity (Wildman–Crippen MR) is 65.2 cm³/mol. The van der Waals surface area contributed by atoms with E-state index in [2.05, 4.69) is 40.5 Å². The van der Waals surface area contributed by atoms with Gasteiger partial charge in [-0.3, -0.25) is 4.90 Å². The van der Waals surface area contributed by atoms with Gasteiger partial charge < -0.3 is 10.4 Å². The largest absolute Gasteiger partial charge is 0.395 e. The summed E-state index contributed by atoms with van der Waals surface area (Å²) in [7, 11) is 0. The maximum Gasteiger partial charge on any atom is 0.0556 e. The van der Waals surface area contributed by atoms with Gasteiger partial charge in [0.15, 0.2) is 0 Å². The minimum Gasteiger partial charge on any atom is -0.395 e. The topological polar surface area (TPSA) is 35.5 Å². The first-order valence-corrected chi connectivity index (χ1v) is 5.99. The fraction of sp³-hybridized carbons (Fsp3) is 0.538. The van der Waals surface area contributed by atoms with E-state index in [1.807, 2.05) is 0 Å². The van der Waals surface area contributed by atoms with Gasteiger partial charge in [0, 0.05) is 32.2 Å². The summed E-state index contributed by atoms with van der Waals surface area (Å²) in [6.07, 6.45) is 1.19. The third kappa shape index (κ3) is 3.30. The van der Waals surface area contributed by atoms with Crippen LogP contribution in [-0.4, -0.2) is 42.3 Å². The molecule has 1 aliphatic heterocycles. The molecular weight excluding hydrogens is 200 g/mol. The van der Waals surface area contributed by atoms with Crippen molar-refractivity contribution in [3.05, 3.63) is 35.9 Å². The molecule has 1 fully saturated rings. The lowest BCUT2D eigenvalue weighted by atomic mass is 10.2. The normalized spacial score (nSPS) is 21.4. The number of likely N-dealkylation sites (tertiary alicyclic amines) is 1. The number of aliphatic hydroxyl groups is 1. The zero-order chi connectivity index (χ0) is 11.2. The first-order valence-electron chi connectivity index (χ1n) is 5.99. The van der Waals surface area contributed by atoms with Crippen LogP contribution in [0.2, 0.25) is 0 Å². The Morgan fingerprint density at radius 2 is 2.12 bits per heavy atom. The lowest BCUT2D eigenvalue weighted by Gasteiger charge is -2.16. The molecule has 0 spiro atoms. The minimum absolute atomic E-state index is 0.231. The molecule has 16 heavy (non-hydrogen) atoms. The van der Waals surface area contributed by atoms with Gasteiger partial charge in [-0.2, -0.15) is 0 Å². The van der Waals surface area contributed by atoms with E-state index in [9.17, 15) is 0 Å². The van der Waals surface area contributed by atoms with Crippen LogP contribution in [0.4, 0.5) is 0 Å². The van der Waals surface area contributed by atoms with E-state index in [1.165, 1.54) is 12.0 Å². The quantitative estimate of drug-likeness (QED) is 0.772. The number of benzene rings is 1. The summed E-state index contributed by atoms with van der Waals surface area (Å²) in [5, 5.41) is 12.1. The zero-order valence-corrected chi connectivity index (χ0v) is 9.60. The molecule has 1 aromatic carbocycles. The van der Waals surface area contributed by atoms with E-state index in [1.54, 1.807) is 0 Å². The Labute approximate surface area is 97.1 Å². The third-order valence-corrected chi connectivity index (χ3v) is 3.07. The van der Waals surface area contributed by atoms with Gasteiger partial charge in [-0.25, -0.2) is 0 Å². The van der Waals surface area contributed by atoms with Crippen LogP contribution >= 0.6 is 0 Å². The van der Waals surface area contributed by atoms with E-state index >= 15 is 0 Å². The summed E-state index contributed by atoms with van der Waals surface area (Å²) in [5.41, 5.74) is 1.38. The van der Waals surface area contributed by atoms with Crippen molar-refractivity contribution in [3.8, 4) is 0 Å². The highest BCUT2D eigenvalue weighted by Crippen LogP contribution is 2.13. The van der Waals surface area contributed by atoms with E-state index < -0.39 is 0 Å². The molecule has 1 aliphatic rings. The Bertz CT molecular complexity index is 302. The van der Waals surface area contributed by atoms with Gasteiger partial charge in [-0.1, -0.05) is 30.3 Å². The highest BCUT2D eigenvalue weighted by Gasteiger charge is 2.21. The van der Waals surface area contributed by atoms with Crippen LogP contribution in [-0.2, 0) is 6.54 Å². The van der Waals surface area contributed by atoms with Gasteiger partial charge in [-0.05, 0) is 12.0 Å². The third-order valence-electron chi connectivity index (χ3n) is 3.07. The van der Waals surface area contributed by atoms with E-state index in [0.29, 0.717) is 12.6 Å². The van der Waals surface area contributed by atoms with Gasteiger partial charge in [-0.15, -0.1) is 0 Å². The molecule has 0 aliphatic carbocycles. The average molecular weight is 220 g/mol. The Morgan fingerprint density at radius 3 is 2.88 bits per heavy atom. The van der Waals surface area contributed by atoms with Crippen LogP contribution in [0, 0.1) is 0 Å². The van der Waals surface area contributed by atoms with Crippen molar-refractivity contribution in [1.82, 2.24) is 10.2 Å². The van der Waals surface area contributed by atoms with Gasteiger partial charge in [0.05, 0.1) is 6.61 Å². The molecule has 0 saturated carbocycles. The second-order valence-corrected chi connectivity index (χ2v) is 4.38. The first-order chi connectivity index (χ1) is 7.88. The number of nitrogens with zero attached hydrogens (tertiary/aromatic N) is 1. The number of hydrogen-bond donors (Lipinski definition) is 2. The lowest BCUT2D eigenvalue weighted by Crippen LogP contribution is -2.34. The number of rotatable bonds is 5. The average Bonchev–Trinajstić information content (AvgIpc) is 2.75. The van der Waals surface area contributed by atoms with Crippen LogP contribution in [0.5, 0.6) is 0 Å². The molecule has 2 rings (SSSR count). The summed E-state index contributed by atoms with van der Waals surface area (Å²) >= 11 is 0. The molecule has 2 N–H and O–H groups in total. The monoisotopic (exact) mass is 220 g/mol. The van der Waals surface area contributed by atoms with Gasteiger partial charge in [0.2, 0.25) is 0 Å². The first kappa shape index (κ1) is 11.6. The predicted octanol–water partition coefficient (Wildman–Crippen LogP) is 0.843. The van der Waals surface area contributed by atoms with Crippen molar-refractivity contribution in [2.75, 3.05) is 26.2 Å². The Morgan fingerprint density at radius 1 is 1.31 bits per heavy atom. The van der Waals surface area contributed by atoms with E-state index in [4.69, 9.17) is 5.11 Å². The molecular formula is C13H20N2O. The molecule has 1 aromatic rings. The maximum absolute atomic E-state index is 8.75. The second-order valence-electron chi connectivity index (χ2n) is 4.38. The van der Waals surface area contributed by atoms with E-state index in [0.717, 1.165) is 19.6 Å². The number of nitrogens with one attached hydrogen (secondary N) is 1. The highest BCUT2D eigenvalue weighted by molar-refractivity contribution is 5.14. The summed E-state index contributed by atoms with van der Waals surface area (Å²) in [4.78, 5) is 2.46. The number of hydrogen-bond acceptors (Lipinski definition) is 3. The SMILES string of the molecule is OCCN[C@@H]1CCN(Cc2ccccc2)C1. The van der Waals surface area contributed by atoms with Gasteiger partial charge in [0.25, 0.3) is 0 Å². The molecule has 1 saturated heterocycles. The summed E-state index contributed by atoms with van der Waals surface area (Å²) in [6.45, 7) is 4.23. The molecule has 0 aromatic heterocycles. The zero-order valence-electron chi connectivity index (χ0n) is 9.60. The van der Waals surface area contributed by atoms with Crippen molar-refractivity contribution in [2.24, 2.45) is 0 Å². The number of aliphatic hydroxyl groups excluding tert-OH is 1. The standard InChI is InChI=1S/C13H20N2O/c16-9-7-14-13-6-8-15(11-13)10-12-4-2-1-3-5-12/h1-5,13-14,16H,6-11H2/t13-/m1/s1. The van der Waals surface area contributed by atoms with Crippen molar-refractivity contribution >= 4 is 0 Å². The summed E-state index contributed by atoms with van der Waals surface area (Å²) in [5.74, 6) is 0. The smallest absolute Gasteiger partial charge is 0.0556 e. The lowest BCUT2D eigenvalue weighted by molar-refractivity contribution is 0.278. The summed E-state index contributed by atoms with van der Waals surface area (Å²) in [6, 6.07) is 11.1. The van der Waals surface area contributed by atoms with Crippen LogP contribution in [0.3, 0.4) is 0 Å². The van der Waals surface area contributed by atoms with Crippen LogP contribution < -0.4 is 5.32 Å². The van der Waals surface area contributed by atoms with Crippen LogP contribution in [0.1, 0.15) is 12.0 Å². The maximum atomic E-state index is 8.75. The van der Waals surface area contributed by atoms with Gasteiger partial charge >= 0.3 is 0 Å².